The van der Waals surface area contributed by atoms with Gasteiger partial charge in [-0.25, -0.2) is 4.79 Å². The number of para-hydroxylation sites is 1. The number of anilines is 1. The maximum atomic E-state index is 11.8. The average Bonchev–Trinajstić information content (AvgIpc) is 2.69. The Kier molecular flexibility index (Phi) is 2.42. The molecule has 1 fully saturated rings. The highest BCUT2D eigenvalue weighted by Gasteiger charge is 2.23. The quantitative estimate of drug-likeness (QED) is 0.601. The van der Waals surface area contributed by atoms with Crippen molar-refractivity contribution in [2.24, 2.45) is 0 Å². The minimum atomic E-state index is -0.445. The Morgan fingerprint density at radius 3 is 2.83 bits per heavy atom. The third kappa shape index (κ3) is 1.89. The van der Waals surface area contributed by atoms with Crippen molar-refractivity contribution in [2.75, 3.05) is 38.1 Å². The number of nitrogens with zero attached hydrogens (tertiary/aromatic N) is 2. The van der Waals surface area contributed by atoms with Gasteiger partial charge in [0.15, 0.2) is 5.58 Å². The van der Waals surface area contributed by atoms with Crippen molar-refractivity contribution in [3.8, 4) is 0 Å². The van der Waals surface area contributed by atoms with E-state index in [2.05, 4.69) is 9.88 Å². The van der Waals surface area contributed by atoms with Crippen LogP contribution in [0.3, 0.4) is 0 Å². The lowest BCUT2D eigenvalue weighted by Crippen LogP contribution is -2.53. The van der Waals surface area contributed by atoms with Crippen LogP contribution in [0.1, 0.15) is 0 Å². The monoisotopic (exact) mass is 249 g/mol. The first kappa shape index (κ1) is 11.3. The van der Waals surface area contributed by atoms with E-state index in [1.54, 1.807) is 7.05 Å². The third-order valence-corrected chi connectivity index (χ3v) is 3.45. The summed E-state index contributed by atoms with van der Waals surface area (Å²) in [5.74, 6) is -0.445. The fraction of sp³-hybridized carbons (Fsp3) is 0.417. The third-order valence-electron chi connectivity index (χ3n) is 3.45. The molecule has 0 amide bonds. The molecule has 0 unspecified atom stereocenters. The van der Waals surface area contributed by atoms with Gasteiger partial charge in [-0.3, -0.25) is 4.98 Å². The molecule has 0 aliphatic carbocycles. The molecule has 0 saturated carbocycles. The Hall–Kier alpha value is -1.79. The van der Waals surface area contributed by atoms with Crippen molar-refractivity contribution in [2.45, 2.75) is 0 Å². The van der Waals surface area contributed by atoms with Crippen LogP contribution in [-0.2, 0) is 0 Å². The molecular weight excluding hydrogens is 234 g/mol. The van der Waals surface area contributed by atoms with Crippen molar-refractivity contribution in [1.29, 1.82) is 0 Å². The van der Waals surface area contributed by atoms with E-state index in [0.29, 0.717) is 37.3 Å². The van der Waals surface area contributed by atoms with Crippen molar-refractivity contribution < 1.29 is 9.06 Å². The Labute approximate surface area is 104 Å². The van der Waals surface area contributed by atoms with Crippen LogP contribution < -0.4 is 10.7 Å². The van der Waals surface area contributed by atoms with Gasteiger partial charge in [-0.1, -0.05) is 6.07 Å². The largest absolute Gasteiger partial charge is 0.633 e. The number of likely N-dealkylation sites (N-methyl/N-ethyl adjacent to an activating group) is 1. The average molecular weight is 249 g/mol. The first-order valence-electron chi connectivity index (χ1n) is 5.97. The topological polar surface area (TPSA) is 72.3 Å². The van der Waals surface area contributed by atoms with Crippen molar-refractivity contribution in [1.82, 2.24) is 4.98 Å². The van der Waals surface area contributed by atoms with Gasteiger partial charge in [-0.2, -0.15) is 0 Å². The van der Waals surface area contributed by atoms with Crippen LogP contribution >= 0.6 is 0 Å². The standard InChI is InChI=1S/C12H15N3O3/c1-15(17)7-5-14(6-8-15)10-4-2-3-9-11(10)18-12(16)13-9/h2-4H,5-8H2,1H3,(H,13,16). The molecule has 2 aromatic rings. The van der Waals surface area contributed by atoms with Gasteiger partial charge >= 0.3 is 5.76 Å². The number of rotatable bonds is 1. The van der Waals surface area contributed by atoms with Gasteiger partial charge in [-0.05, 0) is 12.1 Å². The summed E-state index contributed by atoms with van der Waals surface area (Å²) in [6, 6.07) is 5.60. The van der Waals surface area contributed by atoms with Crippen LogP contribution in [0.2, 0.25) is 0 Å². The van der Waals surface area contributed by atoms with Gasteiger partial charge in [0.05, 0.1) is 44.4 Å². The molecule has 1 aromatic carbocycles. The molecule has 0 spiro atoms. The summed E-state index contributed by atoms with van der Waals surface area (Å²) in [5, 5.41) is 11.8. The van der Waals surface area contributed by atoms with E-state index in [0.717, 1.165) is 5.69 Å². The van der Waals surface area contributed by atoms with Crippen LogP contribution in [0, 0.1) is 5.21 Å². The Balaban J connectivity index is 1.97. The number of benzene rings is 1. The zero-order valence-electron chi connectivity index (χ0n) is 10.2. The Morgan fingerprint density at radius 1 is 1.39 bits per heavy atom. The number of hydrogen-bond acceptors (Lipinski definition) is 4. The molecule has 6 heteroatoms. The normalized spacial score (nSPS) is 19.3. The molecule has 0 radical (unpaired) electrons. The predicted molar refractivity (Wildman–Crippen MR) is 68.3 cm³/mol. The molecule has 1 aliphatic rings. The van der Waals surface area contributed by atoms with Gasteiger partial charge in [0.25, 0.3) is 0 Å². The number of nitrogens with one attached hydrogen (secondary N) is 1. The summed E-state index contributed by atoms with van der Waals surface area (Å²) in [4.78, 5) is 16.0. The minimum Gasteiger partial charge on any atom is -0.633 e. The second kappa shape index (κ2) is 3.86. The van der Waals surface area contributed by atoms with Crippen LogP contribution in [0.15, 0.2) is 27.4 Å². The number of hydrogen-bond donors (Lipinski definition) is 1. The summed E-state index contributed by atoms with van der Waals surface area (Å²) in [7, 11) is 1.69. The van der Waals surface area contributed by atoms with Crippen molar-refractivity contribution >= 4 is 16.8 Å². The fourth-order valence-electron chi connectivity index (χ4n) is 2.34. The van der Waals surface area contributed by atoms with E-state index in [9.17, 15) is 10.0 Å². The highest BCUT2D eigenvalue weighted by atomic mass is 16.5. The van der Waals surface area contributed by atoms with E-state index in [4.69, 9.17) is 4.42 Å². The van der Waals surface area contributed by atoms with Crippen LogP contribution in [-0.4, -0.2) is 42.9 Å². The smallest absolute Gasteiger partial charge is 0.417 e. The minimum absolute atomic E-state index is 0.205. The zero-order chi connectivity index (χ0) is 12.8. The molecular formula is C12H15N3O3. The first-order chi connectivity index (χ1) is 8.55. The van der Waals surface area contributed by atoms with Crippen LogP contribution in [0.25, 0.3) is 11.1 Å². The number of fused-ring (bicyclic) bond motifs is 1. The van der Waals surface area contributed by atoms with Crippen molar-refractivity contribution in [3.63, 3.8) is 0 Å². The SMILES string of the molecule is C[N+]1([O-])CCN(c2cccc3[nH]c(=O)oc23)CC1. The van der Waals surface area contributed by atoms with Gasteiger partial charge in [-0.15, -0.1) is 0 Å². The van der Waals surface area contributed by atoms with Gasteiger partial charge in [0, 0.05) is 0 Å². The summed E-state index contributed by atoms with van der Waals surface area (Å²) in [6.45, 7) is 2.44. The Bertz CT molecular complexity index is 619. The van der Waals surface area contributed by atoms with Gasteiger partial charge in [0.2, 0.25) is 0 Å². The maximum absolute atomic E-state index is 11.8. The molecule has 3 rings (SSSR count). The molecule has 6 nitrogen and oxygen atoms in total. The lowest BCUT2D eigenvalue weighted by atomic mass is 10.2. The van der Waals surface area contributed by atoms with E-state index < -0.39 is 5.76 Å². The van der Waals surface area contributed by atoms with Crippen LogP contribution in [0.5, 0.6) is 0 Å². The first-order valence-corrected chi connectivity index (χ1v) is 5.97. The molecule has 2 heterocycles. The van der Waals surface area contributed by atoms with Crippen LogP contribution in [0.4, 0.5) is 5.69 Å². The number of piperazine rings is 1. The van der Waals surface area contributed by atoms with E-state index in [-0.39, 0.29) is 4.65 Å². The number of aromatic amines is 1. The molecule has 1 N–H and O–H groups in total. The lowest BCUT2D eigenvalue weighted by molar-refractivity contribution is -0.861. The van der Waals surface area contributed by atoms with E-state index in [1.807, 2.05) is 18.2 Å². The molecule has 1 aromatic heterocycles. The lowest BCUT2D eigenvalue weighted by Gasteiger charge is -2.45. The summed E-state index contributed by atoms with van der Waals surface area (Å²) < 4.78 is 4.96. The maximum Gasteiger partial charge on any atom is 0.417 e. The highest BCUT2D eigenvalue weighted by molar-refractivity contribution is 5.86. The Morgan fingerprint density at radius 2 is 2.11 bits per heavy atom. The molecule has 0 bridgehead atoms. The van der Waals surface area contributed by atoms with Crippen molar-refractivity contribution in [3.05, 3.63) is 34.0 Å². The molecule has 1 aliphatic heterocycles. The van der Waals surface area contributed by atoms with Gasteiger partial charge in [0.1, 0.15) is 0 Å². The summed E-state index contributed by atoms with van der Waals surface area (Å²) in [6.07, 6.45) is 0. The number of hydroxylamine groups is 3. The number of quaternary nitrogens is 1. The predicted octanol–water partition coefficient (Wildman–Crippen LogP) is 0.885. The molecule has 1 saturated heterocycles. The molecule has 96 valence electrons. The molecule has 18 heavy (non-hydrogen) atoms. The highest BCUT2D eigenvalue weighted by Crippen LogP contribution is 2.26. The fourth-order valence-corrected chi connectivity index (χ4v) is 2.34. The molecule has 0 atom stereocenters. The van der Waals surface area contributed by atoms with Gasteiger partial charge < -0.3 is 19.2 Å². The number of aromatic nitrogens is 1. The summed E-state index contributed by atoms with van der Waals surface area (Å²) in [5.41, 5.74) is 2.15. The zero-order valence-corrected chi connectivity index (χ0v) is 10.2. The second-order valence-corrected chi connectivity index (χ2v) is 4.90. The second-order valence-electron chi connectivity index (χ2n) is 4.90. The number of H-pyrrole nitrogens is 1. The number of oxazole rings is 1. The van der Waals surface area contributed by atoms with E-state index in [1.165, 1.54) is 0 Å². The summed E-state index contributed by atoms with van der Waals surface area (Å²) >= 11 is 0. The van der Waals surface area contributed by atoms with E-state index >= 15 is 0 Å².